The molecular weight excluding hydrogens is 222 g/mol. The maximum absolute atomic E-state index is 11.9. The fourth-order valence-corrected chi connectivity index (χ4v) is 2.24. The van der Waals surface area contributed by atoms with E-state index in [0.29, 0.717) is 18.1 Å². The number of carbonyl (C=O) groups is 1. The fourth-order valence-electron chi connectivity index (χ4n) is 2.24. The van der Waals surface area contributed by atoms with E-state index in [1.807, 2.05) is 0 Å². The Kier molecular flexibility index (Phi) is 3.86. The van der Waals surface area contributed by atoms with Crippen molar-refractivity contribution in [2.24, 2.45) is 5.92 Å². The topological polar surface area (TPSA) is 29.1 Å². The molecule has 1 fully saturated rings. The van der Waals surface area contributed by atoms with Crippen molar-refractivity contribution in [3.8, 4) is 0 Å². The molecule has 0 aliphatic carbocycles. The molecule has 1 N–H and O–H groups in total. The van der Waals surface area contributed by atoms with Crippen molar-refractivity contribution in [3.05, 3.63) is 35.4 Å². The first-order valence-corrected chi connectivity index (χ1v) is 6.77. The normalized spacial score (nSPS) is 16.4. The molecule has 2 rings (SSSR count). The number of hydrogen-bond donors (Lipinski definition) is 1. The van der Waals surface area contributed by atoms with Crippen molar-refractivity contribution in [1.29, 1.82) is 0 Å². The van der Waals surface area contributed by atoms with Crippen molar-refractivity contribution < 1.29 is 4.79 Å². The van der Waals surface area contributed by atoms with Gasteiger partial charge in [-0.25, -0.2) is 0 Å². The van der Waals surface area contributed by atoms with Crippen LogP contribution in [-0.4, -0.2) is 18.9 Å². The quantitative estimate of drug-likeness (QED) is 0.883. The molecule has 1 saturated heterocycles. The van der Waals surface area contributed by atoms with Gasteiger partial charge in [-0.05, 0) is 35.5 Å². The smallest absolute Gasteiger partial charge is 0.137 e. The van der Waals surface area contributed by atoms with Gasteiger partial charge in [0.2, 0.25) is 0 Å². The molecule has 0 saturated carbocycles. The molecule has 2 heteroatoms. The van der Waals surface area contributed by atoms with Gasteiger partial charge in [0, 0.05) is 12.8 Å². The number of benzene rings is 1. The highest BCUT2D eigenvalue weighted by atomic mass is 16.1. The summed E-state index contributed by atoms with van der Waals surface area (Å²) in [5.41, 5.74) is 2.64. The lowest BCUT2D eigenvalue weighted by Crippen LogP contribution is -2.43. The summed E-state index contributed by atoms with van der Waals surface area (Å²) in [6.45, 7) is 8.63. The van der Waals surface area contributed by atoms with Crippen molar-refractivity contribution in [1.82, 2.24) is 5.32 Å². The molecule has 1 aliphatic heterocycles. The van der Waals surface area contributed by atoms with Crippen LogP contribution in [0.4, 0.5) is 0 Å². The van der Waals surface area contributed by atoms with E-state index >= 15 is 0 Å². The minimum absolute atomic E-state index is 0.181. The van der Waals surface area contributed by atoms with Crippen LogP contribution in [0.2, 0.25) is 0 Å². The van der Waals surface area contributed by atoms with Crippen molar-refractivity contribution >= 4 is 5.78 Å². The molecule has 0 aromatic heterocycles. The van der Waals surface area contributed by atoms with Gasteiger partial charge in [-0.1, -0.05) is 45.0 Å². The lowest BCUT2D eigenvalue weighted by molar-refractivity contribution is -0.119. The van der Waals surface area contributed by atoms with Crippen LogP contribution >= 0.6 is 0 Å². The van der Waals surface area contributed by atoms with Gasteiger partial charge in [-0.2, -0.15) is 0 Å². The maximum Gasteiger partial charge on any atom is 0.137 e. The Morgan fingerprint density at radius 1 is 1.22 bits per heavy atom. The first kappa shape index (κ1) is 13.3. The van der Waals surface area contributed by atoms with E-state index in [1.54, 1.807) is 0 Å². The van der Waals surface area contributed by atoms with Crippen LogP contribution in [0.25, 0.3) is 0 Å². The Labute approximate surface area is 110 Å². The standard InChI is InChI=1S/C16H23NO/c1-16(2,3)14-6-4-12(5-7-14)8-15(18)9-13-10-17-11-13/h4-7,13,17H,8-11H2,1-3H3. The second kappa shape index (κ2) is 5.23. The van der Waals surface area contributed by atoms with Crippen LogP contribution < -0.4 is 5.32 Å². The van der Waals surface area contributed by atoms with Gasteiger partial charge in [0.1, 0.15) is 5.78 Å². The van der Waals surface area contributed by atoms with Crippen molar-refractivity contribution in [2.75, 3.05) is 13.1 Å². The highest BCUT2D eigenvalue weighted by Gasteiger charge is 2.20. The lowest BCUT2D eigenvalue weighted by Gasteiger charge is -2.26. The van der Waals surface area contributed by atoms with E-state index < -0.39 is 0 Å². The van der Waals surface area contributed by atoms with Gasteiger partial charge in [-0.3, -0.25) is 4.79 Å². The Morgan fingerprint density at radius 2 is 1.83 bits per heavy atom. The number of rotatable bonds is 4. The number of hydrogen-bond acceptors (Lipinski definition) is 2. The number of carbonyl (C=O) groups excluding carboxylic acids is 1. The molecule has 0 atom stereocenters. The zero-order valence-corrected chi connectivity index (χ0v) is 11.6. The molecule has 0 radical (unpaired) electrons. The second-order valence-electron chi connectivity index (χ2n) is 6.39. The summed E-state index contributed by atoms with van der Waals surface area (Å²) in [5, 5.41) is 3.20. The van der Waals surface area contributed by atoms with E-state index in [9.17, 15) is 4.79 Å². The molecule has 0 unspecified atom stereocenters. The van der Waals surface area contributed by atoms with Gasteiger partial charge in [0.15, 0.2) is 0 Å². The maximum atomic E-state index is 11.9. The zero-order valence-electron chi connectivity index (χ0n) is 11.6. The first-order chi connectivity index (χ1) is 8.45. The zero-order chi connectivity index (χ0) is 13.2. The average molecular weight is 245 g/mol. The summed E-state index contributed by atoms with van der Waals surface area (Å²) in [7, 11) is 0. The molecule has 98 valence electrons. The number of Topliss-reactive ketones (excluding diaryl/α,β-unsaturated/α-hetero) is 1. The van der Waals surface area contributed by atoms with Gasteiger partial charge >= 0.3 is 0 Å². The van der Waals surface area contributed by atoms with Crippen LogP contribution in [0.15, 0.2) is 24.3 Å². The molecule has 2 nitrogen and oxygen atoms in total. The van der Waals surface area contributed by atoms with Gasteiger partial charge in [0.05, 0.1) is 0 Å². The third-order valence-corrected chi connectivity index (χ3v) is 3.60. The first-order valence-electron chi connectivity index (χ1n) is 6.77. The van der Waals surface area contributed by atoms with E-state index in [-0.39, 0.29) is 5.41 Å². The number of ketones is 1. The monoisotopic (exact) mass is 245 g/mol. The summed E-state index contributed by atoms with van der Waals surface area (Å²) < 4.78 is 0. The third-order valence-electron chi connectivity index (χ3n) is 3.60. The van der Waals surface area contributed by atoms with Crippen molar-refractivity contribution in [3.63, 3.8) is 0 Å². The highest BCUT2D eigenvalue weighted by Crippen LogP contribution is 2.22. The molecule has 0 amide bonds. The molecule has 18 heavy (non-hydrogen) atoms. The molecule has 0 bridgehead atoms. The molecular formula is C16H23NO. The summed E-state index contributed by atoms with van der Waals surface area (Å²) in [6, 6.07) is 8.48. The lowest BCUT2D eigenvalue weighted by atomic mass is 9.86. The molecule has 1 aliphatic rings. The van der Waals surface area contributed by atoms with Gasteiger partial charge < -0.3 is 5.32 Å². The summed E-state index contributed by atoms with van der Waals surface area (Å²) in [5.74, 6) is 0.941. The molecule has 1 heterocycles. The van der Waals surface area contributed by atoms with E-state index in [4.69, 9.17) is 0 Å². The fraction of sp³-hybridized carbons (Fsp3) is 0.562. The Bertz CT molecular complexity index is 410. The van der Waals surface area contributed by atoms with Crippen LogP contribution in [0.3, 0.4) is 0 Å². The van der Waals surface area contributed by atoms with Crippen LogP contribution in [0.5, 0.6) is 0 Å². The predicted molar refractivity (Wildman–Crippen MR) is 74.8 cm³/mol. The largest absolute Gasteiger partial charge is 0.316 e. The average Bonchev–Trinajstić information content (AvgIpc) is 2.23. The van der Waals surface area contributed by atoms with Crippen LogP contribution in [0.1, 0.15) is 38.3 Å². The highest BCUT2D eigenvalue weighted by molar-refractivity contribution is 5.81. The summed E-state index contributed by atoms with van der Waals surface area (Å²) >= 11 is 0. The van der Waals surface area contributed by atoms with Crippen LogP contribution in [-0.2, 0) is 16.6 Å². The Morgan fingerprint density at radius 3 is 2.28 bits per heavy atom. The minimum atomic E-state index is 0.181. The molecule has 0 spiro atoms. The minimum Gasteiger partial charge on any atom is -0.316 e. The summed E-state index contributed by atoms with van der Waals surface area (Å²) in [4.78, 5) is 11.9. The third kappa shape index (κ3) is 3.42. The van der Waals surface area contributed by atoms with E-state index in [0.717, 1.165) is 25.1 Å². The Balaban J connectivity index is 1.91. The number of nitrogens with one attached hydrogen (secondary N) is 1. The summed E-state index contributed by atoms with van der Waals surface area (Å²) in [6.07, 6.45) is 1.31. The van der Waals surface area contributed by atoms with E-state index in [2.05, 4.69) is 50.4 Å². The van der Waals surface area contributed by atoms with Crippen molar-refractivity contribution in [2.45, 2.75) is 39.0 Å². The van der Waals surface area contributed by atoms with Gasteiger partial charge in [-0.15, -0.1) is 0 Å². The van der Waals surface area contributed by atoms with Gasteiger partial charge in [0.25, 0.3) is 0 Å². The molecule has 1 aromatic carbocycles. The second-order valence-corrected chi connectivity index (χ2v) is 6.39. The van der Waals surface area contributed by atoms with Crippen LogP contribution in [0, 0.1) is 5.92 Å². The molecule has 1 aromatic rings. The predicted octanol–water partition coefficient (Wildman–Crippen LogP) is 2.71. The Hall–Kier alpha value is -1.15. The van der Waals surface area contributed by atoms with E-state index in [1.165, 1.54) is 5.56 Å². The SMILES string of the molecule is CC(C)(C)c1ccc(CC(=O)CC2CNC2)cc1.